The Balaban J connectivity index is 1.53. The molecule has 11 heteroatoms. The van der Waals surface area contributed by atoms with Crippen LogP contribution in [-0.4, -0.2) is 31.8 Å². The van der Waals surface area contributed by atoms with E-state index in [0.717, 1.165) is 23.9 Å². The number of amides is 2. The molecular weight excluding hydrogens is 479 g/mol. The molecule has 0 radical (unpaired) electrons. The molecule has 35 heavy (non-hydrogen) atoms. The summed E-state index contributed by atoms with van der Waals surface area (Å²) in [6, 6.07) is 16.1. The SMILES string of the molecule is C[C@H](Sc1nnc(-c2ccc(F)cc2)n1-c1ccc(F)cc1)C(=O)NNC(=O)c1ccc(F)cc1. The maximum absolute atomic E-state index is 13.5. The third-order valence-electron chi connectivity index (χ3n) is 4.88. The van der Waals surface area contributed by atoms with E-state index < -0.39 is 34.5 Å². The van der Waals surface area contributed by atoms with Gasteiger partial charge in [0, 0.05) is 16.8 Å². The highest BCUT2D eigenvalue weighted by Crippen LogP contribution is 2.30. The number of nitrogens with zero attached hydrogens (tertiary/aromatic N) is 3. The molecule has 0 saturated carbocycles. The first-order chi connectivity index (χ1) is 16.8. The van der Waals surface area contributed by atoms with Crippen LogP contribution in [0.4, 0.5) is 13.2 Å². The van der Waals surface area contributed by atoms with Gasteiger partial charge in [0.15, 0.2) is 11.0 Å². The second kappa shape index (κ2) is 10.4. The third kappa shape index (κ3) is 5.69. The summed E-state index contributed by atoms with van der Waals surface area (Å²) in [5.41, 5.74) is 5.88. The maximum Gasteiger partial charge on any atom is 0.269 e. The Morgan fingerprint density at radius 3 is 1.94 bits per heavy atom. The predicted octanol–water partition coefficient (Wildman–Crippen LogP) is 4.29. The third-order valence-corrected chi connectivity index (χ3v) is 5.92. The lowest BCUT2D eigenvalue weighted by Crippen LogP contribution is -2.45. The van der Waals surface area contributed by atoms with Gasteiger partial charge in [-0.05, 0) is 79.7 Å². The number of rotatable bonds is 6. The summed E-state index contributed by atoms with van der Waals surface area (Å²) in [4.78, 5) is 24.7. The fourth-order valence-electron chi connectivity index (χ4n) is 3.06. The van der Waals surface area contributed by atoms with Crippen molar-refractivity contribution in [1.29, 1.82) is 0 Å². The van der Waals surface area contributed by atoms with Gasteiger partial charge in [0.2, 0.25) is 0 Å². The maximum atomic E-state index is 13.5. The lowest BCUT2D eigenvalue weighted by molar-refractivity contribution is -0.121. The van der Waals surface area contributed by atoms with E-state index in [1.807, 2.05) is 0 Å². The van der Waals surface area contributed by atoms with Crippen LogP contribution < -0.4 is 10.9 Å². The first kappa shape index (κ1) is 24.0. The van der Waals surface area contributed by atoms with Crippen molar-refractivity contribution in [2.45, 2.75) is 17.3 Å². The van der Waals surface area contributed by atoms with Crippen LogP contribution in [0.3, 0.4) is 0 Å². The molecule has 1 atom stereocenters. The van der Waals surface area contributed by atoms with Crippen LogP contribution in [0.5, 0.6) is 0 Å². The van der Waals surface area contributed by atoms with E-state index in [9.17, 15) is 22.8 Å². The molecule has 0 fully saturated rings. The van der Waals surface area contributed by atoms with Gasteiger partial charge in [-0.15, -0.1) is 10.2 Å². The summed E-state index contributed by atoms with van der Waals surface area (Å²) < 4.78 is 41.6. The van der Waals surface area contributed by atoms with E-state index in [2.05, 4.69) is 21.0 Å². The average Bonchev–Trinajstić information content (AvgIpc) is 3.27. The Morgan fingerprint density at radius 2 is 1.34 bits per heavy atom. The molecule has 2 amide bonds. The van der Waals surface area contributed by atoms with Crippen LogP contribution >= 0.6 is 11.8 Å². The molecule has 4 aromatic rings. The van der Waals surface area contributed by atoms with Crippen molar-refractivity contribution in [2.24, 2.45) is 0 Å². The summed E-state index contributed by atoms with van der Waals surface area (Å²) >= 11 is 1.05. The van der Waals surface area contributed by atoms with Crippen molar-refractivity contribution in [3.63, 3.8) is 0 Å². The molecule has 0 bridgehead atoms. The van der Waals surface area contributed by atoms with Crippen LogP contribution in [0.1, 0.15) is 17.3 Å². The molecule has 0 aliphatic rings. The summed E-state index contributed by atoms with van der Waals surface area (Å²) in [6.45, 7) is 1.60. The van der Waals surface area contributed by atoms with E-state index in [1.165, 1.54) is 60.7 Å². The van der Waals surface area contributed by atoms with Crippen molar-refractivity contribution < 1.29 is 22.8 Å². The average molecular weight is 498 g/mol. The minimum atomic E-state index is -0.729. The summed E-state index contributed by atoms with van der Waals surface area (Å²) in [7, 11) is 0. The smallest absolute Gasteiger partial charge is 0.269 e. The van der Waals surface area contributed by atoms with Gasteiger partial charge in [-0.1, -0.05) is 11.8 Å². The standard InChI is InChI=1S/C24H18F3N5O2S/c1-14(22(33)29-30-23(34)16-4-8-18(26)9-5-16)35-24-31-28-21(15-2-6-17(25)7-3-15)32(24)20-12-10-19(27)11-13-20/h2-14H,1H3,(H,29,33)(H,30,34)/t14-/m0/s1. The van der Waals surface area contributed by atoms with Gasteiger partial charge in [-0.25, -0.2) is 13.2 Å². The monoisotopic (exact) mass is 497 g/mol. The van der Waals surface area contributed by atoms with Gasteiger partial charge in [0.1, 0.15) is 17.5 Å². The lowest BCUT2D eigenvalue weighted by atomic mass is 10.2. The van der Waals surface area contributed by atoms with E-state index in [-0.39, 0.29) is 5.56 Å². The number of carbonyl (C=O) groups is 2. The largest absolute Gasteiger partial charge is 0.272 e. The number of carbonyl (C=O) groups excluding carboxylic acids is 2. The highest BCUT2D eigenvalue weighted by molar-refractivity contribution is 8.00. The highest BCUT2D eigenvalue weighted by atomic mass is 32.2. The zero-order valence-corrected chi connectivity index (χ0v) is 19.0. The quantitative estimate of drug-likeness (QED) is 0.307. The molecule has 0 aliphatic heterocycles. The van der Waals surface area contributed by atoms with Crippen molar-refractivity contribution in [2.75, 3.05) is 0 Å². The molecule has 3 aromatic carbocycles. The van der Waals surface area contributed by atoms with E-state index in [0.29, 0.717) is 22.2 Å². The molecule has 7 nitrogen and oxygen atoms in total. The number of hydrazine groups is 1. The first-order valence-electron chi connectivity index (χ1n) is 10.3. The van der Waals surface area contributed by atoms with Gasteiger partial charge in [0.05, 0.1) is 5.25 Å². The fraction of sp³-hybridized carbons (Fsp3) is 0.0833. The van der Waals surface area contributed by atoms with Crippen molar-refractivity contribution in [3.8, 4) is 17.1 Å². The Bertz CT molecular complexity index is 1340. The topological polar surface area (TPSA) is 88.9 Å². The van der Waals surface area contributed by atoms with Gasteiger partial charge < -0.3 is 0 Å². The van der Waals surface area contributed by atoms with Crippen LogP contribution in [-0.2, 0) is 4.79 Å². The minimum absolute atomic E-state index is 0.173. The number of benzene rings is 3. The number of nitrogens with one attached hydrogen (secondary N) is 2. The Labute approximate surface area is 202 Å². The summed E-state index contributed by atoms with van der Waals surface area (Å²) in [5, 5.41) is 7.96. The molecule has 1 aromatic heterocycles. The van der Waals surface area contributed by atoms with Crippen LogP contribution in [0.2, 0.25) is 0 Å². The minimum Gasteiger partial charge on any atom is -0.272 e. The number of hydrogen-bond acceptors (Lipinski definition) is 5. The Kier molecular flexibility index (Phi) is 7.16. The fourth-order valence-corrected chi connectivity index (χ4v) is 3.93. The zero-order chi connectivity index (χ0) is 24.9. The lowest BCUT2D eigenvalue weighted by Gasteiger charge is -2.14. The van der Waals surface area contributed by atoms with Crippen LogP contribution in [0.15, 0.2) is 78.0 Å². The van der Waals surface area contributed by atoms with Crippen LogP contribution in [0.25, 0.3) is 17.1 Å². The van der Waals surface area contributed by atoms with Gasteiger partial charge >= 0.3 is 0 Å². The van der Waals surface area contributed by atoms with Gasteiger partial charge in [-0.2, -0.15) is 0 Å². The molecule has 0 spiro atoms. The first-order valence-corrected chi connectivity index (χ1v) is 11.2. The Hall–Kier alpha value is -4.12. The number of hydrogen-bond donors (Lipinski definition) is 2. The van der Waals surface area contributed by atoms with E-state index in [1.54, 1.807) is 11.5 Å². The van der Waals surface area contributed by atoms with Crippen molar-refractivity contribution in [3.05, 3.63) is 95.8 Å². The van der Waals surface area contributed by atoms with E-state index in [4.69, 9.17) is 0 Å². The molecular formula is C24H18F3N5O2S. The highest BCUT2D eigenvalue weighted by Gasteiger charge is 2.22. The Morgan fingerprint density at radius 1 is 0.800 bits per heavy atom. The van der Waals surface area contributed by atoms with E-state index >= 15 is 0 Å². The van der Waals surface area contributed by atoms with Crippen molar-refractivity contribution >= 4 is 23.6 Å². The molecule has 0 aliphatic carbocycles. The molecule has 1 heterocycles. The van der Waals surface area contributed by atoms with Crippen LogP contribution in [0, 0.1) is 17.5 Å². The molecule has 4 rings (SSSR count). The van der Waals surface area contributed by atoms with Crippen molar-refractivity contribution in [1.82, 2.24) is 25.6 Å². The number of aromatic nitrogens is 3. The second-order valence-electron chi connectivity index (χ2n) is 7.34. The van der Waals surface area contributed by atoms with Gasteiger partial charge in [0.25, 0.3) is 11.8 Å². The predicted molar refractivity (Wildman–Crippen MR) is 124 cm³/mol. The summed E-state index contributed by atoms with van der Waals surface area (Å²) in [6.07, 6.45) is 0. The normalized spacial score (nSPS) is 11.7. The molecule has 2 N–H and O–H groups in total. The molecule has 178 valence electrons. The number of thioether (sulfide) groups is 1. The number of halogens is 3. The molecule has 0 saturated heterocycles. The second-order valence-corrected chi connectivity index (χ2v) is 8.64. The zero-order valence-electron chi connectivity index (χ0n) is 18.2. The van der Waals surface area contributed by atoms with Gasteiger partial charge in [-0.3, -0.25) is 25.0 Å². The molecule has 0 unspecified atom stereocenters. The summed E-state index contributed by atoms with van der Waals surface area (Å²) in [5.74, 6) is -2.09.